The largest absolute Gasteiger partial charge is 0.480 e. The fourth-order valence-electron chi connectivity index (χ4n) is 3.82. The number of hydrogen-bond donors (Lipinski definition) is 3. The molecule has 0 aliphatic carbocycles. The fourth-order valence-corrected chi connectivity index (χ4v) is 3.82. The molecular formula is C23H29F2N7O2. The molecule has 0 saturated heterocycles. The van der Waals surface area contributed by atoms with E-state index in [1.54, 1.807) is 4.90 Å². The molecule has 0 spiro atoms. The highest BCUT2D eigenvalue weighted by molar-refractivity contribution is 5.76. The Morgan fingerprint density at radius 2 is 2.06 bits per heavy atom. The van der Waals surface area contributed by atoms with E-state index >= 15 is 0 Å². The van der Waals surface area contributed by atoms with E-state index in [1.165, 1.54) is 18.0 Å². The van der Waals surface area contributed by atoms with Crippen LogP contribution in [0.1, 0.15) is 42.5 Å². The van der Waals surface area contributed by atoms with Crippen LogP contribution in [-0.4, -0.2) is 69.6 Å². The lowest BCUT2D eigenvalue weighted by Crippen LogP contribution is -2.37. The molecule has 0 fully saturated rings. The first-order chi connectivity index (χ1) is 16.4. The lowest BCUT2D eigenvalue weighted by molar-refractivity contribution is -0.138. The molecule has 1 unspecified atom stereocenters. The number of pyridine rings is 1. The second-order valence-corrected chi connectivity index (χ2v) is 8.22. The highest BCUT2D eigenvalue weighted by Crippen LogP contribution is 2.20. The molecule has 0 radical (unpaired) electrons. The number of nitriles is 1. The van der Waals surface area contributed by atoms with Gasteiger partial charge in [0, 0.05) is 18.8 Å². The summed E-state index contributed by atoms with van der Waals surface area (Å²) in [5.41, 5.74) is 2.46. The summed E-state index contributed by atoms with van der Waals surface area (Å²) in [6.45, 7) is 1.13. The van der Waals surface area contributed by atoms with Gasteiger partial charge in [-0.2, -0.15) is 5.26 Å². The zero-order chi connectivity index (χ0) is 24.3. The van der Waals surface area contributed by atoms with Crippen molar-refractivity contribution >= 4 is 17.7 Å². The third-order valence-corrected chi connectivity index (χ3v) is 5.62. The van der Waals surface area contributed by atoms with E-state index in [9.17, 15) is 18.7 Å². The molecule has 2 aromatic heterocycles. The molecule has 0 bridgehead atoms. The molecule has 34 heavy (non-hydrogen) atoms. The molecule has 3 heterocycles. The number of rotatable bonds is 13. The molecule has 3 N–H and O–H groups in total. The SMILES string of the molecule is N#Cc1cnc(NC(CCN(CCCCc2ccc3c(n2)NCCC3)CC(F)F)C(=O)O)nc1. The Bertz CT molecular complexity index is 982. The van der Waals surface area contributed by atoms with Crippen molar-refractivity contribution in [1.29, 1.82) is 5.26 Å². The average Bonchev–Trinajstić information content (AvgIpc) is 2.83. The van der Waals surface area contributed by atoms with Crippen molar-refractivity contribution in [2.24, 2.45) is 0 Å². The topological polar surface area (TPSA) is 127 Å². The van der Waals surface area contributed by atoms with Crippen LogP contribution in [-0.2, 0) is 17.6 Å². The Labute approximate surface area is 197 Å². The van der Waals surface area contributed by atoms with Gasteiger partial charge in [-0.25, -0.2) is 28.5 Å². The fraction of sp³-hybridized carbons (Fsp3) is 0.522. The molecule has 9 nitrogen and oxygen atoms in total. The normalized spacial score (nSPS) is 13.7. The third kappa shape index (κ3) is 7.88. The summed E-state index contributed by atoms with van der Waals surface area (Å²) in [5, 5.41) is 24.3. The zero-order valence-corrected chi connectivity index (χ0v) is 18.9. The molecule has 1 atom stereocenters. The maximum absolute atomic E-state index is 13.1. The molecule has 2 aromatic rings. The number of anilines is 2. The molecule has 3 rings (SSSR count). The van der Waals surface area contributed by atoms with Crippen LogP contribution in [0.2, 0.25) is 0 Å². The van der Waals surface area contributed by atoms with Crippen LogP contribution < -0.4 is 10.6 Å². The number of aliphatic carboxylic acids is 1. The first-order valence-electron chi connectivity index (χ1n) is 11.4. The highest BCUT2D eigenvalue weighted by atomic mass is 19.3. The number of unbranched alkanes of at least 4 members (excludes halogenated alkanes) is 1. The number of halogens is 2. The predicted molar refractivity (Wildman–Crippen MR) is 123 cm³/mol. The summed E-state index contributed by atoms with van der Waals surface area (Å²) < 4.78 is 26.2. The van der Waals surface area contributed by atoms with Gasteiger partial charge in [-0.1, -0.05) is 6.07 Å². The van der Waals surface area contributed by atoms with Gasteiger partial charge in [-0.15, -0.1) is 0 Å². The number of carboxylic acid groups (broad SMARTS) is 1. The summed E-state index contributed by atoms with van der Waals surface area (Å²) >= 11 is 0. The van der Waals surface area contributed by atoms with Crippen LogP contribution in [0.5, 0.6) is 0 Å². The van der Waals surface area contributed by atoms with E-state index in [0.717, 1.165) is 43.7 Å². The molecule has 182 valence electrons. The number of nitrogens with zero attached hydrogens (tertiary/aromatic N) is 5. The summed E-state index contributed by atoms with van der Waals surface area (Å²) in [7, 11) is 0. The summed E-state index contributed by atoms with van der Waals surface area (Å²) in [6, 6.07) is 4.97. The third-order valence-electron chi connectivity index (χ3n) is 5.62. The van der Waals surface area contributed by atoms with Gasteiger partial charge in [0.15, 0.2) is 0 Å². The second kappa shape index (κ2) is 12.7. The Kier molecular flexibility index (Phi) is 9.46. The lowest BCUT2D eigenvalue weighted by Gasteiger charge is -2.24. The maximum Gasteiger partial charge on any atom is 0.326 e. The lowest BCUT2D eigenvalue weighted by atomic mass is 10.1. The Morgan fingerprint density at radius 3 is 2.76 bits per heavy atom. The van der Waals surface area contributed by atoms with Gasteiger partial charge in [0.1, 0.15) is 17.9 Å². The van der Waals surface area contributed by atoms with E-state index in [1.807, 2.05) is 12.1 Å². The van der Waals surface area contributed by atoms with Crippen LogP contribution in [0.15, 0.2) is 24.5 Å². The standard InChI is InChI=1S/C23H29F2N7O2/c24-20(25)15-32(10-2-1-5-18-7-6-17-4-3-9-27-21(17)30-18)11-8-19(22(33)34)31-23-28-13-16(12-26)14-29-23/h6-7,13-14,19-20H,1-5,8-11,15H2,(H,27,30)(H,33,34)(H,28,29,31). The minimum Gasteiger partial charge on any atom is -0.480 e. The first kappa shape index (κ1) is 25.2. The number of nitrogens with one attached hydrogen (secondary N) is 2. The van der Waals surface area contributed by atoms with Crippen LogP contribution in [0.4, 0.5) is 20.5 Å². The van der Waals surface area contributed by atoms with E-state index in [0.29, 0.717) is 13.0 Å². The molecule has 1 aliphatic heterocycles. The van der Waals surface area contributed by atoms with Crippen LogP contribution in [0.3, 0.4) is 0 Å². The predicted octanol–water partition coefficient (Wildman–Crippen LogP) is 2.95. The van der Waals surface area contributed by atoms with Crippen LogP contribution in [0.25, 0.3) is 0 Å². The minimum atomic E-state index is -2.51. The second-order valence-electron chi connectivity index (χ2n) is 8.22. The summed E-state index contributed by atoms with van der Waals surface area (Å²) in [5.74, 6) is -0.113. The van der Waals surface area contributed by atoms with E-state index in [4.69, 9.17) is 5.26 Å². The number of hydrogen-bond acceptors (Lipinski definition) is 8. The van der Waals surface area contributed by atoms with Crippen molar-refractivity contribution < 1.29 is 18.7 Å². The number of carboxylic acids is 1. The van der Waals surface area contributed by atoms with Crippen LogP contribution in [0, 0.1) is 11.3 Å². The molecule has 0 aromatic carbocycles. The molecular weight excluding hydrogens is 444 g/mol. The number of fused-ring (bicyclic) bond motifs is 1. The smallest absolute Gasteiger partial charge is 0.326 e. The van der Waals surface area contributed by atoms with Crippen molar-refractivity contribution in [3.63, 3.8) is 0 Å². The quantitative estimate of drug-likeness (QED) is 0.376. The van der Waals surface area contributed by atoms with Gasteiger partial charge in [0.25, 0.3) is 6.43 Å². The van der Waals surface area contributed by atoms with Crippen molar-refractivity contribution in [2.45, 2.75) is 51.0 Å². The minimum absolute atomic E-state index is 0.0684. The van der Waals surface area contributed by atoms with E-state index in [2.05, 4.69) is 31.7 Å². The summed E-state index contributed by atoms with van der Waals surface area (Å²) in [4.78, 5) is 25.7. The molecule has 0 saturated carbocycles. The van der Waals surface area contributed by atoms with Crippen molar-refractivity contribution in [3.05, 3.63) is 41.3 Å². The van der Waals surface area contributed by atoms with E-state index < -0.39 is 25.0 Å². The average molecular weight is 474 g/mol. The number of aryl methyl sites for hydroxylation is 2. The highest BCUT2D eigenvalue weighted by Gasteiger charge is 2.21. The first-order valence-corrected chi connectivity index (χ1v) is 11.4. The van der Waals surface area contributed by atoms with E-state index in [-0.39, 0.29) is 24.5 Å². The molecule has 0 amide bonds. The van der Waals surface area contributed by atoms with Gasteiger partial charge in [-0.3, -0.25) is 4.90 Å². The molecule has 1 aliphatic rings. The van der Waals surface area contributed by atoms with Gasteiger partial charge in [0.2, 0.25) is 5.95 Å². The van der Waals surface area contributed by atoms with Crippen molar-refractivity contribution in [1.82, 2.24) is 19.9 Å². The Morgan fingerprint density at radius 1 is 1.26 bits per heavy atom. The maximum atomic E-state index is 13.1. The molecule has 11 heteroatoms. The summed E-state index contributed by atoms with van der Waals surface area (Å²) in [6.07, 6.45) is 4.54. The van der Waals surface area contributed by atoms with Gasteiger partial charge < -0.3 is 15.7 Å². The van der Waals surface area contributed by atoms with Gasteiger partial charge in [-0.05, 0) is 56.7 Å². The monoisotopic (exact) mass is 473 g/mol. The number of carbonyl (C=O) groups is 1. The van der Waals surface area contributed by atoms with Gasteiger partial charge in [0.05, 0.1) is 24.5 Å². The number of alkyl halides is 2. The Hall–Kier alpha value is -3.39. The van der Waals surface area contributed by atoms with Crippen molar-refractivity contribution in [2.75, 3.05) is 36.8 Å². The number of aromatic nitrogens is 3. The van der Waals surface area contributed by atoms with Gasteiger partial charge >= 0.3 is 5.97 Å². The zero-order valence-electron chi connectivity index (χ0n) is 18.9. The Balaban J connectivity index is 1.47. The van der Waals surface area contributed by atoms with Crippen LogP contribution >= 0.6 is 0 Å². The van der Waals surface area contributed by atoms with Crippen molar-refractivity contribution in [3.8, 4) is 6.07 Å².